The zero-order valence-corrected chi connectivity index (χ0v) is 12.8. The summed E-state index contributed by atoms with van der Waals surface area (Å²) in [6, 6.07) is 11.4. The average Bonchev–Trinajstić information content (AvgIpc) is 2.48. The van der Waals surface area contributed by atoms with E-state index in [9.17, 15) is 4.79 Å². The van der Waals surface area contributed by atoms with Crippen LogP contribution in [0.3, 0.4) is 0 Å². The lowest BCUT2D eigenvalue weighted by Crippen LogP contribution is -2.26. The molecule has 21 heavy (non-hydrogen) atoms. The molecule has 0 radical (unpaired) electrons. The summed E-state index contributed by atoms with van der Waals surface area (Å²) in [5.74, 6) is 1.25. The molecule has 0 fully saturated rings. The molecule has 6 heteroatoms. The number of nitrogens with two attached hydrogens (primary N) is 1. The second-order valence-corrected chi connectivity index (χ2v) is 5.87. The van der Waals surface area contributed by atoms with Gasteiger partial charge < -0.3 is 10.5 Å². The van der Waals surface area contributed by atoms with E-state index in [1.54, 1.807) is 18.0 Å². The third-order valence-electron chi connectivity index (χ3n) is 2.67. The van der Waals surface area contributed by atoms with Gasteiger partial charge in [-0.25, -0.2) is 4.68 Å². The van der Waals surface area contributed by atoms with Crippen molar-refractivity contribution in [3.8, 4) is 5.75 Å². The van der Waals surface area contributed by atoms with Gasteiger partial charge in [0.15, 0.2) is 0 Å². The smallest absolute Gasteiger partial charge is 0.270 e. The predicted octanol–water partition coefficient (Wildman–Crippen LogP) is 1.76. The summed E-state index contributed by atoms with van der Waals surface area (Å²) in [6.45, 7) is 2.77. The fraction of sp³-hybridized carbons (Fsp3) is 0.333. The molecule has 5 nitrogen and oxygen atoms in total. The molecule has 1 aromatic heterocycles. The van der Waals surface area contributed by atoms with E-state index in [1.807, 2.05) is 37.3 Å². The third-order valence-corrected chi connectivity index (χ3v) is 3.66. The van der Waals surface area contributed by atoms with E-state index in [4.69, 9.17) is 10.5 Å². The Morgan fingerprint density at radius 2 is 2.14 bits per heavy atom. The van der Waals surface area contributed by atoms with Crippen LogP contribution in [-0.4, -0.2) is 28.2 Å². The van der Waals surface area contributed by atoms with Crippen molar-refractivity contribution in [1.29, 1.82) is 0 Å². The minimum atomic E-state index is -0.161. The molecule has 1 unspecified atom stereocenters. The molecule has 0 saturated carbocycles. The van der Waals surface area contributed by atoms with Crippen LogP contribution in [0.1, 0.15) is 6.92 Å². The minimum Gasteiger partial charge on any atom is -0.490 e. The molecular formula is C15H19N3O2S. The highest BCUT2D eigenvalue weighted by Crippen LogP contribution is 2.16. The van der Waals surface area contributed by atoms with Crippen molar-refractivity contribution in [3.05, 3.63) is 52.9 Å². The van der Waals surface area contributed by atoms with Gasteiger partial charge >= 0.3 is 0 Å². The first-order valence-electron chi connectivity index (χ1n) is 6.78. The molecule has 1 aromatic carbocycles. The van der Waals surface area contributed by atoms with Crippen LogP contribution >= 0.6 is 11.8 Å². The van der Waals surface area contributed by atoms with Gasteiger partial charge in [0.05, 0.1) is 12.7 Å². The molecule has 1 atom stereocenters. The van der Waals surface area contributed by atoms with E-state index in [0.717, 1.165) is 5.75 Å². The maximum atomic E-state index is 11.9. The Bertz CT molecular complexity index is 614. The van der Waals surface area contributed by atoms with Crippen LogP contribution in [0.5, 0.6) is 5.75 Å². The van der Waals surface area contributed by atoms with Crippen LogP contribution in [0.2, 0.25) is 0 Å². The molecule has 0 saturated heterocycles. The van der Waals surface area contributed by atoms with E-state index < -0.39 is 0 Å². The van der Waals surface area contributed by atoms with Crippen molar-refractivity contribution in [1.82, 2.24) is 9.78 Å². The second kappa shape index (κ2) is 7.85. The number of ether oxygens (including phenoxy) is 1. The van der Waals surface area contributed by atoms with Crippen molar-refractivity contribution in [2.45, 2.75) is 24.4 Å². The van der Waals surface area contributed by atoms with Crippen molar-refractivity contribution < 1.29 is 4.74 Å². The number of hydrogen-bond donors (Lipinski definition) is 1. The van der Waals surface area contributed by atoms with Gasteiger partial charge in [-0.05, 0) is 19.1 Å². The maximum absolute atomic E-state index is 11.9. The van der Waals surface area contributed by atoms with Gasteiger partial charge in [0.2, 0.25) is 0 Å². The number of aromatic nitrogens is 2. The minimum absolute atomic E-state index is 0.0743. The number of benzene rings is 1. The molecule has 0 aliphatic carbocycles. The molecule has 2 rings (SSSR count). The first kappa shape index (κ1) is 15.6. The van der Waals surface area contributed by atoms with Crippen LogP contribution in [-0.2, 0) is 6.54 Å². The SMILES string of the molecule is CC(N)COc1cnn(CCSc2ccccc2)c(=O)c1. The maximum Gasteiger partial charge on any atom is 0.270 e. The van der Waals surface area contributed by atoms with Crippen LogP contribution < -0.4 is 16.0 Å². The molecule has 2 N–H and O–H groups in total. The molecule has 0 aliphatic rings. The summed E-state index contributed by atoms with van der Waals surface area (Å²) in [4.78, 5) is 13.1. The van der Waals surface area contributed by atoms with Crippen LogP contribution in [0, 0.1) is 0 Å². The van der Waals surface area contributed by atoms with Gasteiger partial charge in [-0.1, -0.05) is 18.2 Å². The highest BCUT2D eigenvalue weighted by atomic mass is 32.2. The van der Waals surface area contributed by atoms with E-state index in [-0.39, 0.29) is 11.6 Å². The van der Waals surface area contributed by atoms with Gasteiger partial charge in [-0.15, -0.1) is 11.8 Å². The molecule has 1 heterocycles. The summed E-state index contributed by atoms with van der Waals surface area (Å²) in [7, 11) is 0. The van der Waals surface area contributed by atoms with E-state index in [2.05, 4.69) is 5.10 Å². The number of hydrogen-bond acceptors (Lipinski definition) is 5. The van der Waals surface area contributed by atoms with Gasteiger partial charge in [0, 0.05) is 22.8 Å². The lowest BCUT2D eigenvalue weighted by Gasteiger charge is -2.09. The zero-order valence-electron chi connectivity index (χ0n) is 11.9. The first-order chi connectivity index (χ1) is 10.1. The number of aryl methyl sites for hydroxylation is 1. The van der Waals surface area contributed by atoms with Crippen LogP contribution in [0.15, 0.2) is 52.3 Å². The molecule has 0 amide bonds. The highest BCUT2D eigenvalue weighted by molar-refractivity contribution is 7.99. The first-order valence-corrected chi connectivity index (χ1v) is 7.77. The van der Waals surface area contributed by atoms with Crippen molar-refractivity contribution in [3.63, 3.8) is 0 Å². The summed E-state index contributed by atoms with van der Waals surface area (Å²) < 4.78 is 6.81. The van der Waals surface area contributed by atoms with E-state index in [0.29, 0.717) is 18.9 Å². The normalized spacial score (nSPS) is 12.1. The number of rotatable bonds is 7. The van der Waals surface area contributed by atoms with Crippen molar-refractivity contribution in [2.75, 3.05) is 12.4 Å². The fourth-order valence-corrected chi connectivity index (χ4v) is 2.51. The monoisotopic (exact) mass is 305 g/mol. The summed E-state index contributed by atoms with van der Waals surface area (Å²) in [5, 5.41) is 4.11. The Balaban J connectivity index is 1.87. The Kier molecular flexibility index (Phi) is 5.83. The molecule has 0 spiro atoms. The predicted molar refractivity (Wildman–Crippen MR) is 84.8 cm³/mol. The zero-order chi connectivity index (χ0) is 15.1. The van der Waals surface area contributed by atoms with Gasteiger partial charge in [-0.2, -0.15) is 5.10 Å². The molecule has 2 aromatic rings. The van der Waals surface area contributed by atoms with Gasteiger partial charge in [0.25, 0.3) is 5.56 Å². The second-order valence-electron chi connectivity index (χ2n) is 4.70. The fourth-order valence-electron chi connectivity index (χ4n) is 1.66. The Morgan fingerprint density at radius 3 is 2.81 bits per heavy atom. The topological polar surface area (TPSA) is 70.1 Å². The summed E-state index contributed by atoms with van der Waals surface area (Å²) in [6.07, 6.45) is 1.55. The largest absolute Gasteiger partial charge is 0.490 e. The van der Waals surface area contributed by atoms with E-state index >= 15 is 0 Å². The number of thioether (sulfide) groups is 1. The van der Waals surface area contributed by atoms with Gasteiger partial charge in [-0.3, -0.25) is 4.79 Å². The third kappa shape index (κ3) is 5.24. The van der Waals surface area contributed by atoms with Crippen LogP contribution in [0.4, 0.5) is 0 Å². The Morgan fingerprint density at radius 1 is 1.38 bits per heavy atom. The Labute approximate surface area is 128 Å². The highest BCUT2D eigenvalue weighted by Gasteiger charge is 2.03. The summed E-state index contributed by atoms with van der Waals surface area (Å²) in [5.41, 5.74) is 5.44. The summed E-state index contributed by atoms with van der Waals surface area (Å²) >= 11 is 1.69. The Hall–Kier alpha value is -1.79. The molecular weight excluding hydrogens is 286 g/mol. The molecule has 112 valence electrons. The standard InChI is InChI=1S/C15H19N3O2S/c1-12(16)11-20-13-9-15(19)18(17-10-13)7-8-21-14-5-3-2-4-6-14/h2-6,9-10,12H,7-8,11,16H2,1H3. The quantitative estimate of drug-likeness (QED) is 0.789. The molecule has 0 aliphatic heterocycles. The lowest BCUT2D eigenvalue weighted by atomic mass is 10.4. The van der Waals surface area contributed by atoms with Crippen molar-refractivity contribution in [2.24, 2.45) is 5.73 Å². The molecule has 0 bridgehead atoms. The van der Waals surface area contributed by atoms with Crippen LogP contribution in [0.25, 0.3) is 0 Å². The average molecular weight is 305 g/mol. The van der Waals surface area contributed by atoms with Gasteiger partial charge in [0.1, 0.15) is 12.4 Å². The van der Waals surface area contributed by atoms with E-state index in [1.165, 1.54) is 15.6 Å². The van der Waals surface area contributed by atoms with Crippen molar-refractivity contribution >= 4 is 11.8 Å². The number of nitrogens with zero attached hydrogens (tertiary/aromatic N) is 2. The lowest BCUT2D eigenvalue weighted by molar-refractivity contribution is 0.293.